The number of fused-ring (bicyclic) bond motifs is 6. The summed E-state index contributed by atoms with van der Waals surface area (Å²) in [6, 6.07) is 11.3. The molecule has 0 N–H and O–H groups in total. The Bertz CT molecular complexity index is 1340. The Hall–Kier alpha value is -2.81. The summed E-state index contributed by atoms with van der Waals surface area (Å²) in [4.78, 5) is 2.62. The molecule has 33 heavy (non-hydrogen) atoms. The minimum absolute atomic E-state index is 0.0128. The first-order valence-corrected chi connectivity index (χ1v) is 12.6. The summed E-state index contributed by atoms with van der Waals surface area (Å²) in [6.07, 6.45) is 8.41. The molecule has 0 bridgehead atoms. The highest BCUT2D eigenvalue weighted by Gasteiger charge is 2.52. The molecule has 0 aromatic heterocycles. The van der Waals surface area contributed by atoms with Crippen molar-refractivity contribution in [2.45, 2.75) is 70.9 Å². The maximum Gasteiger partial charge on any atom is 0.209 e. The van der Waals surface area contributed by atoms with E-state index in [1.807, 2.05) is 0 Å². The van der Waals surface area contributed by atoms with E-state index in [1.54, 1.807) is 0 Å². The van der Waals surface area contributed by atoms with Crippen LogP contribution in [0.3, 0.4) is 0 Å². The van der Waals surface area contributed by atoms with Crippen LogP contribution in [0, 0.1) is 0 Å². The molecule has 0 fully saturated rings. The van der Waals surface area contributed by atoms with Crippen molar-refractivity contribution in [2.24, 2.45) is 0 Å². The second-order valence-corrected chi connectivity index (χ2v) is 11.5. The Balaban J connectivity index is 1.45. The summed E-state index contributed by atoms with van der Waals surface area (Å²) < 4.78 is 9.51. The summed E-state index contributed by atoms with van der Waals surface area (Å²) in [7, 11) is 0. The molecule has 3 nitrogen and oxygen atoms in total. The lowest BCUT2D eigenvalue weighted by atomic mass is 9.75. The zero-order chi connectivity index (χ0) is 22.7. The van der Waals surface area contributed by atoms with Gasteiger partial charge in [0.15, 0.2) is 12.3 Å². The molecular weight excluding hydrogens is 404 g/mol. The monoisotopic (exact) mass is 437 g/mol. The molecule has 2 aromatic carbocycles. The summed E-state index contributed by atoms with van der Waals surface area (Å²) in [5, 5.41) is 0. The average molecular weight is 438 g/mol. The second kappa shape index (κ2) is 6.20. The standard InChI is InChI=1S/C30H33N2O/c1-18-17-29(2,3)32-13-8-9-20-26(32)21(18)15-19-16-22-25(33-27(19)20)12-14-31-24-11-7-6-10-23(24)30(4,5)28(22)31/h6-7,10-11,15-17,25H,8-9,12-14H2,1-5H3/q+1. The van der Waals surface area contributed by atoms with Crippen molar-refractivity contribution in [2.75, 3.05) is 18.0 Å². The van der Waals surface area contributed by atoms with Gasteiger partial charge in [0.05, 0.1) is 22.2 Å². The molecule has 5 heterocycles. The minimum Gasteiger partial charge on any atom is -0.484 e. The van der Waals surface area contributed by atoms with E-state index in [-0.39, 0.29) is 17.1 Å². The number of hydrogen-bond donors (Lipinski definition) is 0. The lowest BCUT2D eigenvalue weighted by molar-refractivity contribution is -0.444. The van der Waals surface area contributed by atoms with Crippen molar-refractivity contribution < 1.29 is 9.31 Å². The fourth-order valence-corrected chi connectivity index (χ4v) is 7.33. The topological polar surface area (TPSA) is 15.5 Å². The van der Waals surface area contributed by atoms with Gasteiger partial charge in [0.25, 0.3) is 0 Å². The van der Waals surface area contributed by atoms with Gasteiger partial charge in [-0.1, -0.05) is 24.3 Å². The molecule has 5 aliphatic heterocycles. The highest BCUT2D eigenvalue weighted by atomic mass is 16.5. The van der Waals surface area contributed by atoms with Gasteiger partial charge in [0.2, 0.25) is 5.69 Å². The average Bonchev–Trinajstić information content (AvgIpc) is 3.03. The Labute approximate surface area is 197 Å². The molecule has 0 saturated heterocycles. The van der Waals surface area contributed by atoms with E-state index < -0.39 is 0 Å². The molecule has 0 saturated carbocycles. The van der Waals surface area contributed by atoms with E-state index in [9.17, 15) is 0 Å². The van der Waals surface area contributed by atoms with E-state index in [0.29, 0.717) is 0 Å². The number of para-hydroxylation sites is 1. The van der Waals surface area contributed by atoms with Crippen molar-refractivity contribution >= 4 is 28.7 Å². The van der Waals surface area contributed by atoms with Crippen molar-refractivity contribution in [3.8, 4) is 5.75 Å². The third-order valence-electron chi connectivity index (χ3n) is 8.68. The van der Waals surface area contributed by atoms with Crippen LogP contribution in [0.1, 0.15) is 69.7 Å². The molecule has 7 rings (SSSR count). The molecule has 0 radical (unpaired) electrons. The molecule has 2 aromatic rings. The van der Waals surface area contributed by atoms with Gasteiger partial charge in [-0.25, -0.2) is 0 Å². The number of benzene rings is 2. The number of hydrogen-bond acceptors (Lipinski definition) is 2. The Kier molecular flexibility index (Phi) is 3.69. The van der Waals surface area contributed by atoms with E-state index in [4.69, 9.17) is 4.74 Å². The van der Waals surface area contributed by atoms with Gasteiger partial charge in [-0.3, -0.25) is 0 Å². The molecule has 1 atom stereocenters. The maximum absolute atomic E-state index is 6.95. The molecule has 0 aliphatic carbocycles. The predicted octanol–water partition coefficient (Wildman–Crippen LogP) is 6.26. The van der Waals surface area contributed by atoms with Crippen LogP contribution in [0.25, 0.3) is 11.6 Å². The van der Waals surface area contributed by atoms with Gasteiger partial charge >= 0.3 is 0 Å². The molecular formula is C30H33N2O+. The Morgan fingerprint density at radius 2 is 1.94 bits per heavy atom. The fourth-order valence-electron chi connectivity index (χ4n) is 7.33. The summed E-state index contributed by atoms with van der Waals surface area (Å²) in [6.45, 7) is 13.9. The van der Waals surface area contributed by atoms with Crippen molar-refractivity contribution in [3.63, 3.8) is 0 Å². The quantitative estimate of drug-likeness (QED) is 0.452. The molecule has 1 unspecified atom stereocenters. The number of allylic oxidation sites excluding steroid dienone is 1. The molecule has 3 heteroatoms. The lowest BCUT2D eigenvalue weighted by Crippen LogP contribution is -2.48. The van der Waals surface area contributed by atoms with Gasteiger partial charge in [-0.05, 0) is 65.2 Å². The summed E-state index contributed by atoms with van der Waals surface area (Å²) in [5.74, 6) is 1.15. The van der Waals surface area contributed by atoms with E-state index in [0.717, 1.165) is 31.7 Å². The SMILES string of the molecule is CC1=CC(C)(C)N2CCCc3c4c(cc1c32)C=C1C2=[N+](CCC1O4)c1ccccc1C2(C)C. The normalized spacial score (nSPS) is 25.1. The first-order chi connectivity index (χ1) is 15.8. The van der Waals surface area contributed by atoms with Crippen LogP contribution in [0.2, 0.25) is 0 Å². The molecule has 5 aliphatic rings. The van der Waals surface area contributed by atoms with Gasteiger partial charge < -0.3 is 9.64 Å². The smallest absolute Gasteiger partial charge is 0.209 e. The largest absolute Gasteiger partial charge is 0.484 e. The van der Waals surface area contributed by atoms with E-state index in [2.05, 4.69) is 86.6 Å². The van der Waals surface area contributed by atoms with Crippen molar-refractivity contribution in [1.29, 1.82) is 0 Å². The first kappa shape index (κ1) is 19.6. The highest BCUT2D eigenvalue weighted by Crippen LogP contribution is 2.52. The minimum atomic E-state index is -0.0128. The second-order valence-electron chi connectivity index (χ2n) is 11.5. The van der Waals surface area contributed by atoms with Gasteiger partial charge in [-0.2, -0.15) is 4.58 Å². The highest BCUT2D eigenvalue weighted by molar-refractivity contribution is 6.11. The van der Waals surface area contributed by atoms with Crippen LogP contribution >= 0.6 is 0 Å². The van der Waals surface area contributed by atoms with Crippen LogP contribution in [0.5, 0.6) is 5.75 Å². The van der Waals surface area contributed by atoms with Crippen LogP contribution < -0.4 is 9.64 Å². The fraction of sp³-hybridized carbons (Fsp3) is 0.433. The third-order valence-corrected chi connectivity index (χ3v) is 8.68. The third kappa shape index (κ3) is 2.43. The van der Waals surface area contributed by atoms with Crippen molar-refractivity contribution in [1.82, 2.24) is 0 Å². The van der Waals surface area contributed by atoms with E-state index >= 15 is 0 Å². The predicted molar refractivity (Wildman–Crippen MR) is 136 cm³/mol. The number of anilines is 1. The maximum atomic E-state index is 6.95. The lowest BCUT2D eigenvalue weighted by Gasteiger charge is -2.47. The van der Waals surface area contributed by atoms with Crippen LogP contribution in [0.15, 0.2) is 42.0 Å². The Morgan fingerprint density at radius 1 is 1.12 bits per heavy atom. The van der Waals surface area contributed by atoms with Gasteiger partial charge in [-0.15, -0.1) is 0 Å². The number of ether oxygens (including phenoxy) is 1. The van der Waals surface area contributed by atoms with E-state index in [1.165, 1.54) is 56.9 Å². The number of rotatable bonds is 0. The van der Waals surface area contributed by atoms with Crippen LogP contribution in [-0.2, 0) is 11.8 Å². The summed E-state index contributed by atoms with van der Waals surface area (Å²) >= 11 is 0. The molecule has 0 amide bonds. The zero-order valence-corrected chi connectivity index (χ0v) is 20.5. The Morgan fingerprint density at radius 3 is 2.79 bits per heavy atom. The van der Waals surface area contributed by atoms with Crippen molar-refractivity contribution in [3.05, 3.63) is 64.2 Å². The number of nitrogens with zero attached hydrogens (tertiary/aromatic N) is 2. The van der Waals surface area contributed by atoms with Crippen LogP contribution in [-0.4, -0.2) is 35.0 Å². The summed E-state index contributed by atoms with van der Waals surface area (Å²) in [5.41, 5.74) is 12.6. The zero-order valence-electron chi connectivity index (χ0n) is 20.5. The van der Waals surface area contributed by atoms with Gasteiger partial charge in [0, 0.05) is 41.3 Å². The first-order valence-electron chi connectivity index (χ1n) is 12.6. The molecule has 0 spiro atoms. The molecule has 168 valence electrons. The van der Waals surface area contributed by atoms with Crippen LogP contribution in [0.4, 0.5) is 11.4 Å². The van der Waals surface area contributed by atoms with Gasteiger partial charge in [0.1, 0.15) is 11.9 Å².